The third-order valence-corrected chi connectivity index (χ3v) is 3.81. The number of carbonyl (C=O) groups is 2. The highest BCUT2D eigenvalue weighted by Gasteiger charge is 2.35. The standard InChI is InChI=1S/C13H13ClN4O2/c1-17-11(19)5-4-9(13(17)20)18-10(7-14)16-8-3-2-6-15-12(8)18/h2-3,6,9H,4-5,7H2,1H3. The minimum atomic E-state index is -0.466. The van der Waals surface area contributed by atoms with Crippen molar-refractivity contribution >= 4 is 34.6 Å². The summed E-state index contributed by atoms with van der Waals surface area (Å²) in [6.07, 6.45) is 2.44. The van der Waals surface area contributed by atoms with Gasteiger partial charge in [-0.3, -0.25) is 19.1 Å². The second-order valence-electron chi connectivity index (χ2n) is 4.72. The summed E-state index contributed by atoms with van der Waals surface area (Å²) in [5.74, 6) is 0.396. The lowest BCUT2D eigenvalue weighted by molar-refractivity contribution is -0.149. The topological polar surface area (TPSA) is 68.1 Å². The van der Waals surface area contributed by atoms with Crippen LogP contribution in [0.25, 0.3) is 11.2 Å². The van der Waals surface area contributed by atoms with Crippen molar-refractivity contribution in [2.24, 2.45) is 0 Å². The van der Waals surface area contributed by atoms with Crippen LogP contribution < -0.4 is 0 Å². The first kappa shape index (κ1) is 13.1. The number of halogens is 1. The molecule has 20 heavy (non-hydrogen) atoms. The van der Waals surface area contributed by atoms with Crippen LogP contribution in [-0.4, -0.2) is 38.3 Å². The van der Waals surface area contributed by atoms with Gasteiger partial charge in [-0.15, -0.1) is 11.6 Å². The molecule has 0 aromatic carbocycles. The summed E-state index contributed by atoms with van der Waals surface area (Å²) in [7, 11) is 1.50. The number of imidazole rings is 1. The number of piperidine rings is 1. The van der Waals surface area contributed by atoms with E-state index in [0.29, 0.717) is 29.8 Å². The smallest absolute Gasteiger partial charge is 0.252 e. The minimum Gasteiger partial charge on any atom is -0.299 e. The number of rotatable bonds is 2. The number of fused-ring (bicyclic) bond motifs is 1. The van der Waals surface area contributed by atoms with Crippen molar-refractivity contribution in [2.75, 3.05) is 7.05 Å². The van der Waals surface area contributed by atoms with E-state index in [9.17, 15) is 9.59 Å². The highest BCUT2D eigenvalue weighted by Crippen LogP contribution is 2.28. The molecule has 1 aliphatic heterocycles. The predicted molar refractivity (Wildman–Crippen MR) is 73.1 cm³/mol. The number of carbonyl (C=O) groups excluding carboxylic acids is 2. The first-order chi connectivity index (χ1) is 9.63. The van der Waals surface area contributed by atoms with E-state index in [0.717, 1.165) is 0 Å². The molecule has 1 aliphatic rings. The molecule has 0 bridgehead atoms. The summed E-state index contributed by atoms with van der Waals surface area (Å²) < 4.78 is 1.76. The van der Waals surface area contributed by atoms with E-state index < -0.39 is 6.04 Å². The normalized spacial score (nSPS) is 19.9. The number of likely N-dealkylation sites (tertiary alicyclic amines) is 1. The monoisotopic (exact) mass is 292 g/mol. The average molecular weight is 293 g/mol. The van der Waals surface area contributed by atoms with Crippen LogP contribution in [0.15, 0.2) is 18.3 Å². The van der Waals surface area contributed by atoms with Gasteiger partial charge in [0.1, 0.15) is 17.4 Å². The molecule has 0 radical (unpaired) electrons. The SMILES string of the molecule is CN1C(=O)CCC(n2c(CCl)nc3cccnc32)C1=O. The van der Waals surface area contributed by atoms with Gasteiger partial charge in [-0.25, -0.2) is 9.97 Å². The number of nitrogens with zero attached hydrogens (tertiary/aromatic N) is 4. The maximum Gasteiger partial charge on any atom is 0.252 e. The number of alkyl halides is 1. The third kappa shape index (κ3) is 1.87. The first-order valence-electron chi connectivity index (χ1n) is 6.31. The molecule has 2 amide bonds. The second-order valence-corrected chi connectivity index (χ2v) is 4.99. The van der Waals surface area contributed by atoms with Crippen LogP contribution in [0.2, 0.25) is 0 Å². The molecule has 2 aromatic rings. The Bertz CT molecular complexity index is 697. The van der Waals surface area contributed by atoms with Gasteiger partial charge in [-0.1, -0.05) is 0 Å². The van der Waals surface area contributed by atoms with E-state index in [2.05, 4.69) is 9.97 Å². The van der Waals surface area contributed by atoms with Crippen molar-refractivity contribution in [1.82, 2.24) is 19.4 Å². The maximum absolute atomic E-state index is 12.3. The van der Waals surface area contributed by atoms with Crippen molar-refractivity contribution in [1.29, 1.82) is 0 Å². The number of hydrogen-bond donors (Lipinski definition) is 0. The lowest BCUT2D eigenvalue weighted by Gasteiger charge is -2.29. The number of pyridine rings is 1. The minimum absolute atomic E-state index is 0.156. The van der Waals surface area contributed by atoms with Crippen molar-refractivity contribution in [2.45, 2.75) is 24.8 Å². The zero-order chi connectivity index (χ0) is 14.3. The van der Waals surface area contributed by atoms with Gasteiger partial charge in [0, 0.05) is 19.7 Å². The Morgan fingerprint density at radius 2 is 2.25 bits per heavy atom. The highest BCUT2D eigenvalue weighted by molar-refractivity contribution is 6.17. The Kier molecular flexibility index (Phi) is 3.17. The van der Waals surface area contributed by atoms with E-state index in [1.54, 1.807) is 16.8 Å². The largest absolute Gasteiger partial charge is 0.299 e. The number of imide groups is 1. The van der Waals surface area contributed by atoms with E-state index in [-0.39, 0.29) is 17.7 Å². The quantitative estimate of drug-likeness (QED) is 0.621. The zero-order valence-electron chi connectivity index (χ0n) is 10.9. The van der Waals surface area contributed by atoms with Crippen LogP contribution in [0, 0.1) is 0 Å². The van der Waals surface area contributed by atoms with E-state index in [1.807, 2.05) is 6.07 Å². The Balaban J connectivity index is 2.14. The molecule has 104 valence electrons. The molecular formula is C13H13ClN4O2. The first-order valence-corrected chi connectivity index (χ1v) is 6.85. The van der Waals surface area contributed by atoms with Crippen molar-refractivity contribution < 1.29 is 9.59 Å². The molecule has 7 heteroatoms. The summed E-state index contributed by atoms with van der Waals surface area (Å²) in [4.78, 5) is 33.8. The van der Waals surface area contributed by atoms with Gasteiger partial charge in [0.15, 0.2) is 5.65 Å². The Labute approximate surface area is 120 Å². The molecule has 6 nitrogen and oxygen atoms in total. The van der Waals surface area contributed by atoms with Crippen LogP contribution in [-0.2, 0) is 15.5 Å². The fraction of sp³-hybridized carbons (Fsp3) is 0.385. The molecule has 3 rings (SSSR count). The van der Waals surface area contributed by atoms with Crippen molar-refractivity contribution in [3.8, 4) is 0 Å². The van der Waals surface area contributed by atoms with Gasteiger partial charge in [0.05, 0.1) is 5.88 Å². The summed E-state index contributed by atoms with van der Waals surface area (Å²) in [5, 5.41) is 0. The van der Waals surface area contributed by atoms with Crippen LogP contribution >= 0.6 is 11.6 Å². The van der Waals surface area contributed by atoms with E-state index >= 15 is 0 Å². The van der Waals surface area contributed by atoms with Crippen molar-refractivity contribution in [3.63, 3.8) is 0 Å². The molecule has 0 saturated carbocycles. The molecule has 0 spiro atoms. The van der Waals surface area contributed by atoms with Gasteiger partial charge in [-0.05, 0) is 18.6 Å². The Morgan fingerprint density at radius 1 is 1.45 bits per heavy atom. The van der Waals surface area contributed by atoms with Gasteiger partial charge >= 0.3 is 0 Å². The molecule has 1 unspecified atom stereocenters. The fourth-order valence-corrected chi connectivity index (χ4v) is 2.72. The van der Waals surface area contributed by atoms with Crippen LogP contribution in [0.1, 0.15) is 24.7 Å². The highest BCUT2D eigenvalue weighted by atomic mass is 35.5. The van der Waals surface area contributed by atoms with Gasteiger partial charge in [-0.2, -0.15) is 0 Å². The molecule has 2 aromatic heterocycles. The molecule has 1 saturated heterocycles. The summed E-state index contributed by atoms with van der Waals surface area (Å²) in [6.45, 7) is 0. The summed E-state index contributed by atoms with van der Waals surface area (Å²) >= 11 is 5.93. The number of amides is 2. The molecule has 3 heterocycles. The predicted octanol–water partition coefficient (Wildman–Crippen LogP) is 1.49. The molecule has 1 fully saturated rings. The molecule has 1 atom stereocenters. The number of aromatic nitrogens is 3. The molecule has 0 aliphatic carbocycles. The maximum atomic E-state index is 12.3. The van der Waals surface area contributed by atoms with Crippen LogP contribution in [0.3, 0.4) is 0 Å². The Hall–Kier alpha value is -1.95. The van der Waals surface area contributed by atoms with E-state index in [1.165, 1.54) is 11.9 Å². The molecular weight excluding hydrogens is 280 g/mol. The zero-order valence-corrected chi connectivity index (χ0v) is 11.7. The second kappa shape index (κ2) is 4.86. The van der Waals surface area contributed by atoms with Crippen molar-refractivity contribution in [3.05, 3.63) is 24.2 Å². The van der Waals surface area contributed by atoms with Gasteiger partial charge < -0.3 is 0 Å². The average Bonchev–Trinajstić information content (AvgIpc) is 2.84. The van der Waals surface area contributed by atoms with E-state index in [4.69, 9.17) is 11.6 Å². The van der Waals surface area contributed by atoms with Crippen LogP contribution in [0.5, 0.6) is 0 Å². The van der Waals surface area contributed by atoms with Gasteiger partial charge in [0.2, 0.25) is 5.91 Å². The van der Waals surface area contributed by atoms with Gasteiger partial charge in [0.25, 0.3) is 5.91 Å². The van der Waals surface area contributed by atoms with Crippen LogP contribution in [0.4, 0.5) is 0 Å². The Morgan fingerprint density at radius 3 is 3.00 bits per heavy atom. The number of likely N-dealkylation sites (N-methyl/N-ethyl adjacent to an activating group) is 1. The molecule has 0 N–H and O–H groups in total. The summed E-state index contributed by atoms with van der Waals surface area (Å²) in [6, 6.07) is 3.15. The third-order valence-electron chi connectivity index (χ3n) is 3.57. The fourth-order valence-electron chi connectivity index (χ4n) is 2.54. The lowest BCUT2D eigenvalue weighted by Crippen LogP contribution is -2.43. The lowest BCUT2D eigenvalue weighted by atomic mass is 10.0. The number of hydrogen-bond acceptors (Lipinski definition) is 4. The summed E-state index contributed by atoms with van der Waals surface area (Å²) in [5.41, 5.74) is 1.33.